The van der Waals surface area contributed by atoms with Crippen LogP contribution in [0.3, 0.4) is 0 Å². The molecule has 0 fully saturated rings. The van der Waals surface area contributed by atoms with Crippen molar-refractivity contribution in [2.75, 3.05) is 13.2 Å². The smallest absolute Gasteiger partial charge is 0.274 e. The van der Waals surface area contributed by atoms with Gasteiger partial charge in [-0.25, -0.2) is 5.48 Å². The number of ether oxygens (including phenoxy) is 2. The lowest BCUT2D eigenvalue weighted by molar-refractivity contribution is 0.0705. The summed E-state index contributed by atoms with van der Waals surface area (Å²) < 4.78 is 10.5. The Labute approximate surface area is 80.2 Å². The summed E-state index contributed by atoms with van der Waals surface area (Å²) in [5.74, 6) is 0.574. The Hall–Kier alpha value is -1.75. The number of amides is 1. The van der Waals surface area contributed by atoms with Crippen LogP contribution in [-0.4, -0.2) is 24.3 Å². The molecule has 0 bridgehead atoms. The molecule has 5 nitrogen and oxygen atoms in total. The Bertz CT molecular complexity index is 364. The summed E-state index contributed by atoms with van der Waals surface area (Å²) in [6.07, 6.45) is 0. The maximum absolute atomic E-state index is 11.0. The third-order valence-corrected chi connectivity index (χ3v) is 1.91. The summed E-state index contributed by atoms with van der Waals surface area (Å²) in [5, 5.41) is 8.42. The summed E-state index contributed by atoms with van der Waals surface area (Å²) >= 11 is 0. The first-order valence-electron chi connectivity index (χ1n) is 4.15. The van der Waals surface area contributed by atoms with Crippen LogP contribution in [0.25, 0.3) is 0 Å². The third kappa shape index (κ3) is 1.49. The first kappa shape index (κ1) is 8.83. The number of rotatable bonds is 1. The molecule has 1 aromatic rings. The maximum Gasteiger partial charge on any atom is 0.274 e. The number of fused-ring (bicyclic) bond motifs is 1. The Morgan fingerprint density at radius 1 is 1.29 bits per heavy atom. The standard InChI is InChI=1S/C9H9NO4/c11-9(10-12)6-1-2-7-8(5-6)14-4-3-13-7/h1-2,5,12H,3-4H2,(H,10,11). The van der Waals surface area contributed by atoms with Crippen LogP contribution in [-0.2, 0) is 0 Å². The van der Waals surface area contributed by atoms with Crippen LogP contribution in [0.2, 0.25) is 0 Å². The summed E-state index contributed by atoms with van der Waals surface area (Å²) in [7, 11) is 0. The molecule has 1 aliphatic rings. The number of hydroxylamine groups is 1. The van der Waals surface area contributed by atoms with Gasteiger partial charge in [-0.05, 0) is 18.2 Å². The molecule has 0 aliphatic carbocycles. The Morgan fingerprint density at radius 2 is 2.00 bits per heavy atom. The molecular formula is C9H9NO4. The van der Waals surface area contributed by atoms with Gasteiger partial charge in [0.05, 0.1) is 0 Å². The van der Waals surface area contributed by atoms with Crippen molar-refractivity contribution in [1.29, 1.82) is 0 Å². The molecule has 1 aliphatic heterocycles. The molecule has 74 valence electrons. The Kier molecular flexibility index (Phi) is 2.24. The van der Waals surface area contributed by atoms with Crippen LogP contribution < -0.4 is 15.0 Å². The predicted molar refractivity (Wildman–Crippen MR) is 46.7 cm³/mol. The van der Waals surface area contributed by atoms with E-state index in [9.17, 15) is 4.79 Å². The molecule has 0 saturated carbocycles. The van der Waals surface area contributed by atoms with E-state index in [4.69, 9.17) is 14.7 Å². The number of carbonyl (C=O) groups excluding carboxylic acids is 1. The molecule has 5 heteroatoms. The van der Waals surface area contributed by atoms with Gasteiger partial charge in [0.15, 0.2) is 11.5 Å². The average molecular weight is 195 g/mol. The molecule has 0 aromatic heterocycles. The second kappa shape index (κ2) is 3.55. The van der Waals surface area contributed by atoms with Crippen LogP contribution in [0.15, 0.2) is 18.2 Å². The van der Waals surface area contributed by atoms with Crippen molar-refractivity contribution in [3.63, 3.8) is 0 Å². The van der Waals surface area contributed by atoms with Gasteiger partial charge in [0.2, 0.25) is 0 Å². The van der Waals surface area contributed by atoms with E-state index in [0.717, 1.165) is 0 Å². The summed E-state index contributed by atoms with van der Waals surface area (Å²) in [4.78, 5) is 11.0. The highest BCUT2D eigenvalue weighted by Gasteiger charge is 2.14. The zero-order valence-corrected chi connectivity index (χ0v) is 7.32. The molecular weight excluding hydrogens is 186 g/mol. The fraction of sp³-hybridized carbons (Fsp3) is 0.222. The topological polar surface area (TPSA) is 67.8 Å². The van der Waals surface area contributed by atoms with E-state index in [1.807, 2.05) is 0 Å². The quantitative estimate of drug-likeness (QED) is 0.508. The minimum Gasteiger partial charge on any atom is -0.486 e. The summed E-state index contributed by atoms with van der Waals surface area (Å²) in [5.41, 5.74) is 1.88. The number of nitrogens with one attached hydrogen (secondary N) is 1. The lowest BCUT2D eigenvalue weighted by Gasteiger charge is -2.18. The zero-order valence-electron chi connectivity index (χ0n) is 7.32. The fourth-order valence-electron chi connectivity index (χ4n) is 1.25. The molecule has 1 heterocycles. The van der Waals surface area contributed by atoms with Crippen LogP contribution in [0, 0.1) is 0 Å². The molecule has 0 atom stereocenters. The highest BCUT2D eigenvalue weighted by atomic mass is 16.6. The Morgan fingerprint density at radius 3 is 2.71 bits per heavy atom. The second-order valence-corrected chi connectivity index (χ2v) is 2.80. The van der Waals surface area contributed by atoms with E-state index in [-0.39, 0.29) is 0 Å². The van der Waals surface area contributed by atoms with Gasteiger partial charge < -0.3 is 9.47 Å². The van der Waals surface area contributed by atoms with E-state index in [0.29, 0.717) is 30.3 Å². The van der Waals surface area contributed by atoms with E-state index < -0.39 is 5.91 Å². The van der Waals surface area contributed by atoms with Crippen molar-refractivity contribution in [2.45, 2.75) is 0 Å². The van der Waals surface area contributed by atoms with E-state index in [1.165, 1.54) is 6.07 Å². The molecule has 2 rings (SSSR count). The normalized spacial score (nSPS) is 13.5. The van der Waals surface area contributed by atoms with E-state index in [1.54, 1.807) is 17.6 Å². The lowest BCUT2D eigenvalue weighted by atomic mass is 10.2. The monoisotopic (exact) mass is 195 g/mol. The van der Waals surface area contributed by atoms with Gasteiger partial charge in [0.25, 0.3) is 5.91 Å². The molecule has 0 spiro atoms. The SMILES string of the molecule is O=C(NO)c1ccc2c(c1)OCCO2. The lowest BCUT2D eigenvalue weighted by Crippen LogP contribution is -2.20. The van der Waals surface area contributed by atoms with Gasteiger partial charge >= 0.3 is 0 Å². The van der Waals surface area contributed by atoms with Crippen LogP contribution in [0.1, 0.15) is 10.4 Å². The third-order valence-electron chi connectivity index (χ3n) is 1.91. The van der Waals surface area contributed by atoms with Crippen LogP contribution in [0.4, 0.5) is 0 Å². The fourth-order valence-corrected chi connectivity index (χ4v) is 1.25. The van der Waals surface area contributed by atoms with Crippen molar-refractivity contribution in [3.05, 3.63) is 23.8 Å². The minimum atomic E-state index is -0.568. The molecule has 0 radical (unpaired) electrons. The van der Waals surface area contributed by atoms with Crippen molar-refractivity contribution in [3.8, 4) is 11.5 Å². The molecule has 1 aromatic carbocycles. The van der Waals surface area contributed by atoms with Crippen molar-refractivity contribution in [2.24, 2.45) is 0 Å². The molecule has 1 amide bonds. The number of hydrogen-bond donors (Lipinski definition) is 2. The molecule has 0 unspecified atom stereocenters. The van der Waals surface area contributed by atoms with Crippen LogP contribution >= 0.6 is 0 Å². The van der Waals surface area contributed by atoms with Gasteiger partial charge in [0.1, 0.15) is 13.2 Å². The summed E-state index contributed by atoms with van der Waals surface area (Å²) in [6, 6.07) is 4.72. The maximum atomic E-state index is 11.0. The molecule has 2 N–H and O–H groups in total. The zero-order chi connectivity index (χ0) is 9.97. The summed E-state index contributed by atoms with van der Waals surface area (Å²) in [6.45, 7) is 0.982. The second-order valence-electron chi connectivity index (χ2n) is 2.80. The van der Waals surface area contributed by atoms with Crippen LogP contribution in [0.5, 0.6) is 11.5 Å². The number of hydrogen-bond acceptors (Lipinski definition) is 4. The first-order valence-corrected chi connectivity index (χ1v) is 4.15. The van der Waals surface area contributed by atoms with Crippen molar-refractivity contribution < 1.29 is 19.5 Å². The average Bonchev–Trinajstić information content (AvgIpc) is 2.27. The van der Waals surface area contributed by atoms with Gasteiger partial charge in [0, 0.05) is 5.56 Å². The Balaban J connectivity index is 2.33. The van der Waals surface area contributed by atoms with Gasteiger partial charge in [-0.3, -0.25) is 10.0 Å². The molecule has 14 heavy (non-hydrogen) atoms. The largest absolute Gasteiger partial charge is 0.486 e. The van der Waals surface area contributed by atoms with E-state index in [2.05, 4.69) is 0 Å². The first-order chi connectivity index (χ1) is 6.81. The van der Waals surface area contributed by atoms with Gasteiger partial charge in [-0.1, -0.05) is 0 Å². The number of benzene rings is 1. The van der Waals surface area contributed by atoms with Gasteiger partial charge in [-0.15, -0.1) is 0 Å². The highest BCUT2D eigenvalue weighted by molar-refractivity contribution is 5.94. The van der Waals surface area contributed by atoms with Gasteiger partial charge in [-0.2, -0.15) is 0 Å². The van der Waals surface area contributed by atoms with Crippen molar-refractivity contribution >= 4 is 5.91 Å². The van der Waals surface area contributed by atoms with Crippen molar-refractivity contribution in [1.82, 2.24) is 5.48 Å². The molecule has 0 saturated heterocycles. The number of carbonyl (C=O) groups is 1. The highest BCUT2D eigenvalue weighted by Crippen LogP contribution is 2.30. The minimum absolute atomic E-state index is 0.330. The van der Waals surface area contributed by atoms with E-state index >= 15 is 0 Å². The predicted octanol–water partition coefficient (Wildman–Crippen LogP) is 0.577.